The van der Waals surface area contributed by atoms with Crippen LogP contribution in [-0.4, -0.2) is 39.3 Å². The summed E-state index contributed by atoms with van der Waals surface area (Å²) in [6.45, 7) is 3.55. The maximum Gasteiger partial charge on any atom is 0.306 e. The normalized spacial score (nSPS) is 18.9. The van der Waals surface area contributed by atoms with Gasteiger partial charge in [-0.1, -0.05) is 35.5 Å². The van der Waals surface area contributed by atoms with Gasteiger partial charge in [-0.3, -0.25) is 9.69 Å². The second-order valence-electron chi connectivity index (χ2n) is 9.82. The van der Waals surface area contributed by atoms with Crippen LogP contribution in [0.3, 0.4) is 0 Å². The van der Waals surface area contributed by atoms with E-state index < -0.39 is 11.8 Å². The van der Waals surface area contributed by atoms with Crippen molar-refractivity contribution in [2.24, 2.45) is 5.92 Å². The van der Waals surface area contributed by atoms with Crippen LogP contribution in [0.4, 0.5) is 4.39 Å². The van der Waals surface area contributed by atoms with Crippen molar-refractivity contribution in [3.63, 3.8) is 0 Å². The number of rotatable bonds is 6. The van der Waals surface area contributed by atoms with Crippen LogP contribution in [0.2, 0.25) is 0 Å². The second-order valence-corrected chi connectivity index (χ2v) is 9.82. The van der Waals surface area contributed by atoms with E-state index in [2.05, 4.69) is 27.2 Å². The highest BCUT2D eigenvalue weighted by Gasteiger charge is 2.39. The Morgan fingerprint density at radius 3 is 2.59 bits per heavy atom. The highest BCUT2D eigenvalue weighted by atomic mass is 19.1. The van der Waals surface area contributed by atoms with Crippen molar-refractivity contribution in [1.29, 1.82) is 0 Å². The molecular weight excluding hydrogens is 473 g/mol. The predicted molar refractivity (Wildman–Crippen MR) is 135 cm³/mol. The molecule has 4 aromatic rings. The van der Waals surface area contributed by atoms with Crippen LogP contribution in [0.5, 0.6) is 5.75 Å². The van der Waals surface area contributed by atoms with E-state index >= 15 is 0 Å². The van der Waals surface area contributed by atoms with Gasteiger partial charge in [-0.05, 0) is 66.3 Å². The number of methoxy groups -OCH3 is 1. The van der Waals surface area contributed by atoms with Crippen molar-refractivity contribution in [1.82, 2.24) is 15.0 Å². The van der Waals surface area contributed by atoms with Crippen molar-refractivity contribution in [2.75, 3.05) is 7.11 Å². The number of aliphatic carboxylic acids is 1. The topological polar surface area (TPSA) is 88.7 Å². The van der Waals surface area contributed by atoms with Gasteiger partial charge in [0.2, 0.25) is 5.82 Å². The lowest BCUT2D eigenvalue weighted by atomic mass is 9.79. The first-order valence-electron chi connectivity index (χ1n) is 12.3. The van der Waals surface area contributed by atoms with Gasteiger partial charge in [0.15, 0.2) is 11.6 Å². The molecule has 0 spiro atoms. The summed E-state index contributed by atoms with van der Waals surface area (Å²) >= 11 is 0. The van der Waals surface area contributed by atoms with Gasteiger partial charge in [0.05, 0.1) is 13.0 Å². The zero-order valence-electron chi connectivity index (χ0n) is 20.6. The number of aromatic nitrogens is 2. The summed E-state index contributed by atoms with van der Waals surface area (Å²) in [7, 11) is 1.45. The Hall–Kier alpha value is -4.04. The van der Waals surface area contributed by atoms with Gasteiger partial charge in [-0.25, -0.2) is 4.39 Å². The number of fused-ring (bicyclic) bond motifs is 1. The van der Waals surface area contributed by atoms with Crippen molar-refractivity contribution in [3.05, 3.63) is 77.1 Å². The number of carbonyl (C=O) groups is 1. The molecule has 1 N–H and O–H groups in total. The van der Waals surface area contributed by atoms with E-state index in [1.54, 1.807) is 18.2 Å². The summed E-state index contributed by atoms with van der Waals surface area (Å²) in [6, 6.07) is 17.2. The van der Waals surface area contributed by atoms with Crippen molar-refractivity contribution in [3.8, 4) is 39.7 Å². The molecule has 2 heterocycles. The lowest BCUT2D eigenvalue weighted by Gasteiger charge is -2.39. The Labute approximate surface area is 213 Å². The largest absolute Gasteiger partial charge is 0.494 e. The Balaban J connectivity index is 1.20. The molecule has 2 aliphatic rings. The molecule has 1 aliphatic carbocycles. The fraction of sp³-hybridized carbons (Fsp3) is 0.276. The Bertz CT molecular complexity index is 1510. The maximum absolute atomic E-state index is 14.8. The molecule has 3 aromatic carbocycles. The third kappa shape index (κ3) is 4.17. The predicted octanol–water partition coefficient (Wildman–Crippen LogP) is 5.71. The Morgan fingerprint density at radius 2 is 1.84 bits per heavy atom. The van der Waals surface area contributed by atoms with Gasteiger partial charge in [0.25, 0.3) is 5.89 Å². The molecule has 6 rings (SSSR count). The summed E-state index contributed by atoms with van der Waals surface area (Å²) in [6.07, 6.45) is 1.43. The molecule has 0 atom stereocenters. The first kappa shape index (κ1) is 23.4. The minimum Gasteiger partial charge on any atom is -0.494 e. The van der Waals surface area contributed by atoms with E-state index in [0.717, 1.165) is 35.3 Å². The summed E-state index contributed by atoms with van der Waals surface area (Å²) in [5.74, 6) is -0.194. The number of benzene rings is 3. The lowest BCUT2D eigenvalue weighted by Crippen LogP contribution is -2.44. The molecule has 8 heteroatoms. The average molecular weight is 500 g/mol. The smallest absolute Gasteiger partial charge is 0.306 e. The molecular formula is C29H26FN3O4. The number of aryl methyl sites for hydroxylation is 1. The van der Waals surface area contributed by atoms with E-state index in [4.69, 9.17) is 14.4 Å². The number of halogens is 1. The molecule has 0 radical (unpaired) electrons. The first-order chi connectivity index (χ1) is 17.9. The van der Waals surface area contributed by atoms with Crippen molar-refractivity contribution >= 4 is 5.97 Å². The van der Waals surface area contributed by atoms with Gasteiger partial charge in [-0.2, -0.15) is 4.98 Å². The third-order valence-corrected chi connectivity index (χ3v) is 7.56. The number of nitrogens with zero attached hydrogens (tertiary/aromatic N) is 3. The number of carboxylic acid groups (broad SMARTS) is 1. The molecule has 1 aliphatic heterocycles. The minimum absolute atomic E-state index is 0.206. The standard InChI is InChI=1S/C29H26FN3O4/c1-16-10-18(8-9-23(16)24-4-3-5-25(36-2)26(24)30)28-31-27(32-37-28)17-6-7-19-14-33(15-21(19)11-17)22-12-20(13-22)29(34)35/h3-11,20,22H,12-15H2,1-2H3,(H,34,35). The van der Waals surface area contributed by atoms with E-state index in [9.17, 15) is 9.18 Å². The Morgan fingerprint density at radius 1 is 1.05 bits per heavy atom. The monoisotopic (exact) mass is 499 g/mol. The molecule has 37 heavy (non-hydrogen) atoms. The molecule has 0 unspecified atom stereocenters. The highest BCUT2D eigenvalue weighted by Crippen LogP contribution is 2.38. The molecule has 1 fully saturated rings. The second kappa shape index (κ2) is 9.12. The van der Waals surface area contributed by atoms with Crippen LogP contribution >= 0.6 is 0 Å². The molecule has 7 nitrogen and oxygen atoms in total. The molecule has 0 bridgehead atoms. The van der Waals surface area contributed by atoms with Crippen LogP contribution in [0.15, 0.2) is 59.1 Å². The zero-order chi connectivity index (χ0) is 25.7. The number of hydrogen-bond donors (Lipinski definition) is 1. The number of carboxylic acids is 1. The molecule has 188 valence electrons. The molecule has 1 aromatic heterocycles. The molecule has 0 saturated heterocycles. The summed E-state index contributed by atoms with van der Waals surface area (Å²) in [5, 5.41) is 13.4. The fourth-order valence-corrected chi connectivity index (χ4v) is 5.34. The van der Waals surface area contributed by atoms with E-state index in [1.807, 2.05) is 31.2 Å². The Kier molecular flexibility index (Phi) is 5.76. The summed E-state index contributed by atoms with van der Waals surface area (Å²) < 4.78 is 25.5. The van der Waals surface area contributed by atoms with Gasteiger partial charge >= 0.3 is 5.97 Å². The van der Waals surface area contributed by atoms with Crippen LogP contribution in [0, 0.1) is 18.7 Å². The van der Waals surface area contributed by atoms with Gasteiger partial charge in [0.1, 0.15) is 0 Å². The number of ether oxygens (including phenoxy) is 1. The third-order valence-electron chi connectivity index (χ3n) is 7.56. The molecule has 0 amide bonds. The van der Waals surface area contributed by atoms with Gasteiger partial charge in [-0.15, -0.1) is 0 Å². The van der Waals surface area contributed by atoms with Crippen LogP contribution in [-0.2, 0) is 17.9 Å². The van der Waals surface area contributed by atoms with E-state index in [-0.39, 0.29) is 11.7 Å². The summed E-state index contributed by atoms with van der Waals surface area (Å²) in [5.41, 5.74) is 6.22. The van der Waals surface area contributed by atoms with Crippen molar-refractivity contribution < 1.29 is 23.6 Å². The van der Waals surface area contributed by atoms with Crippen molar-refractivity contribution in [2.45, 2.75) is 38.9 Å². The van der Waals surface area contributed by atoms with E-state index in [1.165, 1.54) is 18.2 Å². The quantitative estimate of drug-likeness (QED) is 0.364. The first-order valence-corrected chi connectivity index (χ1v) is 12.3. The number of hydrogen-bond acceptors (Lipinski definition) is 6. The summed E-state index contributed by atoms with van der Waals surface area (Å²) in [4.78, 5) is 18.1. The molecule has 1 saturated carbocycles. The minimum atomic E-state index is -0.694. The highest BCUT2D eigenvalue weighted by molar-refractivity contribution is 5.73. The fourth-order valence-electron chi connectivity index (χ4n) is 5.34. The SMILES string of the molecule is COc1cccc(-c2ccc(-c3nc(-c4ccc5c(c4)CN(C4CC(C(=O)O)C4)C5)no3)cc2C)c1F. The van der Waals surface area contributed by atoms with Crippen LogP contribution in [0.1, 0.15) is 29.5 Å². The van der Waals surface area contributed by atoms with Gasteiger partial charge in [0, 0.05) is 35.8 Å². The van der Waals surface area contributed by atoms with Gasteiger partial charge < -0.3 is 14.4 Å². The van der Waals surface area contributed by atoms with Crippen LogP contribution in [0.25, 0.3) is 34.0 Å². The zero-order valence-corrected chi connectivity index (χ0v) is 20.6. The maximum atomic E-state index is 14.8. The average Bonchev–Trinajstić information content (AvgIpc) is 3.50. The van der Waals surface area contributed by atoms with E-state index in [0.29, 0.717) is 36.2 Å². The lowest BCUT2D eigenvalue weighted by molar-refractivity contribution is -0.147. The van der Waals surface area contributed by atoms with Crippen LogP contribution < -0.4 is 4.74 Å².